The van der Waals surface area contributed by atoms with Crippen LogP contribution in [0.3, 0.4) is 0 Å². The Hall–Kier alpha value is -1.29. The van der Waals surface area contributed by atoms with Gasteiger partial charge in [-0.1, -0.05) is 17.7 Å². The number of halogens is 2. The van der Waals surface area contributed by atoms with E-state index >= 15 is 0 Å². The molecule has 0 spiro atoms. The quantitative estimate of drug-likeness (QED) is 0.629. The maximum absolute atomic E-state index is 13.4. The summed E-state index contributed by atoms with van der Waals surface area (Å²) >= 11 is 5.64. The van der Waals surface area contributed by atoms with Crippen molar-refractivity contribution in [2.75, 3.05) is 0 Å². The minimum absolute atomic E-state index is 0.231. The molecule has 0 aromatic heterocycles. The Morgan fingerprint density at radius 1 is 1.56 bits per heavy atom. The zero-order chi connectivity index (χ0) is 11.5. The fourth-order valence-electron chi connectivity index (χ4n) is 1.30. The standard InChI is InChI=1S/C11H13ClFN3/c12-8-2-1-7(10(13)5-8)6-15-11(14)16-9-3-4-9/h1-2,5,9H,3-4,6H2,(H3,14,15,16). The van der Waals surface area contributed by atoms with Crippen LogP contribution in [-0.4, -0.2) is 12.0 Å². The summed E-state index contributed by atoms with van der Waals surface area (Å²) in [6.45, 7) is 0.231. The van der Waals surface area contributed by atoms with Crippen LogP contribution in [0.2, 0.25) is 5.02 Å². The first-order chi connectivity index (χ1) is 7.65. The number of guanidine groups is 1. The van der Waals surface area contributed by atoms with Crippen LogP contribution in [0.5, 0.6) is 0 Å². The lowest BCUT2D eigenvalue weighted by Crippen LogP contribution is -2.33. The maximum Gasteiger partial charge on any atom is 0.189 e. The first-order valence-electron chi connectivity index (χ1n) is 5.15. The van der Waals surface area contributed by atoms with Gasteiger partial charge in [0.25, 0.3) is 0 Å². The summed E-state index contributed by atoms with van der Waals surface area (Å²) in [5, 5.41) is 3.42. The van der Waals surface area contributed by atoms with Crippen molar-refractivity contribution in [3.05, 3.63) is 34.6 Å². The maximum atomic E-state index is 13.4. The summed E-state index contributed by atoms with van der Waals surface area (Å²) < 4.78 is 13.4. The van der Waals surface area contributed by atoms with Crippen molar-refractivity contribution < 1.29 is 4.39 Å². The summed E-state index contributed by atoms with van der Waals surface area (Å²) in [5.41, 5.74) is 6.12. The third kappa shape index (κ3) is 3.10. The van der Waals surface area contributed by atoms with Gasteiger partial charge in [-0.3, -0.25) is 0 Å². The third-order valence-electron chi connectivity index (χ3n) is 2.36. The van der Waals surface area contributed by atoms with E-state index in [1.54, 1.807) is 12.1 Å². The van der Waals surface area contributed by atoms with Gasteiger partial charge < -0.3 is 11.1 Å². The molecule has 0 aliphatic heterocycles. The summed E-state index contributed by atoms with van der Waals surface area (Å²) in [5.74, 6) is 0.0207. The van der Waals surface area contributed by atoms with E-state index in [0.29, 0.717) is 22.6 Å². The van der Waals surface area contributed by atoms with Crippen LogP contribution < -0.4 is 11.1 Å². The second-order valence-electron chi connectivity index (χ2n) is 3.86. The molecule has 86 valence electrons. The molecule has 2 rings (SSSR count). The van der Waals surface area contributed by atoms with E-state index in [2.05, 4.69) is 10.3 Å². The second kappa shape index (κ2) is 4.70. The molecule has 0 bridgehead atoms. The van der Waals surface area contributed by atoms with Crippen molar-refractivity contribution in [3.63, 3.8) is 0 Å². The number of aliphatic imine (C=N–C) groups is 1. The van der Waals surface area contributed by atoms with E-state index < -0.39 is 0 Å². The first kappa shape index (κ1) is 11.2. The van der Waals surface area contributed by atoms with E-state index in [4.69, 9.17) is 17.3 Å². The minimum Gasteiger partial charge on any atom is -0.370 e. The molecule has 0 atom stereocenters. The van der Waals surface area contributed by atoms with Crippen LogP contribution in [0.1, 0.15) is 18.4 Å². The van der Waals surface area contributed by atoms with Gasteiger partial charge >= 0.3 is 0 Å². The van der Waals surface area contributed by atoms with E-state index in [1.807, 2.05) is 0 Å². The third-order valence-corrected chi connectivity index (χ3v) is 2.60. The number of hydrogen-bond donors (Lipinski definition) is 2. The van der Waals surface area contributed by atoms with Gasteiger partial charge in [-0.15, -0.1) is 0 Å². The highest BCUT2D eigenvalue weighted by Crippen LogP contribution is 2.18. The van der Waals surface area contributed by atoms with Crippen molar-refractivity contribution >= 4 is 17.6 Å². The van der Waals surface area contributed by atoms with Crippen LogP contribution in [-0.2, 0) is 6.54 Å². The lowest BCUT2D eigenvalue weighted by molar-refractivity contribution is 0.610. The number of nitrogens with zero attached hydrogens (tertiary/aromatic N) is 1. The van der Waals surface area contributed by atoms with Crippen LogP contribution in [0, 0.1) is 5.82 Å². The van der Waals surface area contributed by atoms with Gasteiger partial charge in [-0.2, -0.15) is 0 Å². The molecule has 16 heavy (non-hydrogen) atoms. The molecule has 0 unspecified atom stereocenters. The molecule has 0 saturated heterocycles. The first-order valence-corrected chi connectivity index (χ1v) is 5.53. The van der Waals surface area contributed by atoms with Gasteiger partial charge in [0.15, 0.2) is 5.96 Å². The molecule has 1 saturated carbocycles. The predicted octanol–water partition coefficient (Wildman–Crippen LogP) is 2.05. The SMILES string of the molecule is NC(=NCc1ccc(Cl)cc1F)NC1CC1. The average molecular weight is 242 g/mol. The Morgan fingerprint density at radius 3 is 2.94 bits per heavy atom. The molecule has 1 aliphatic rings. The highest BCUT2D eigenvalue weighted by molar-refractivity contribution is 6.30. The smallest absolute Gasteiger partial charge is 0.189 e. The fourth-order valence-corrected chi connectivity index (χ4v) is 1.46. The zero-order valence-electron chi connectivity index (χ0n) is 8.71. The van der Waals surface area contributed by atoms with Crippen LogP contribution in [0.25, 0.3) is 0 Å². The van der Waals surface area contributed by atoms with Crippen LogP contribution >= 0.6 is 11.6 Å². The van der Waals surface area contributed by atoms with E-state index in [9.17, 15) is 4.39 Å². The summed E-state index contributed by atoms with van der Waals surface area (Å²) in [4.78, 5) is 4.07. The molecule has 3 nitrogen and oxygen atoms in total. The van der Waals surface area contributed by atoms with E-state index in [1.165, 1.54) is 6.07 Å². The van der Waals surface area contributed by atoms with Crippen LogP contribution in [0.4, 0.5) is 4.39 Å². The van der Waals surface area contributed by atoms with Crippen molar-refractivity contribution in [2.45, 2.75) is 25.4 Å². The zero-order valence-corrected chi connectivity index (χ0v) is 9.47. The largest absolute Gasteiger partial charge is 0.370 e. The molecule has 5 heteroatoms. The molecule has 1 fully saturated rings. The van der Waals surface area contributed by atoms with Gasteiger partial charge in [0.05, 0.1) is 6.54 Å². The number of hydrogen-bond acceptors (Lipinski definition) is 1. The van der Waals surface area contributed by atoms with Crippen molar-refractivity contribution in [3.8, 4) is 0 Å². The number of rotatable bonds is 3. The number of nitrogens with two attached hydrogens (primary N) is 1. The van der Waals surface area contributed by atoms with Crippen molar-refractivity contribution in [2.24, 2.45) is 10.7 Å². The normalized spacial score (nSPS) is 16.2. The Labute approximate surface area is 98.5 Å². The highest BCUT2D eigenvalue weighted by atomic mass is 35.5. The lowest BCUT2D eigenvalue weighted by Gasteiger charge is -2.04. The fraction of sp³-hybridized carbons (Fsp3) is 0.364. The minimum atomic E-state index is -0.351. The lowest BCUT2D eigenvalue weighted by atomic mass is 10.2. The molecule has 3 N–H and O–H groups in total. The molecule has 1 aromatic carbocycles. The molecule has 1 aromatic rings. The molecule has 1 aliphatic carbocycles. The Morgan fingerprint density at radius 2 is 2.31 bits per heavy atom. The van der Waals surface area contributed by atoms with Gasteiger partial charge in [-0.25, -0.2) is 9.38 Å². The van der Waals surface area contributed by atoms with Crippen molar-refractivity contribution in [1.82, 2.24) is 5.32 Å². The molecule has 0 radical (unpaired) electrons. The molecule has 0 amide bonds. The highest BCUT2D eigenvalue weighted by Gasteiger charge is 2.21. The summed E-state index contributed by atoms with van der Waals surface area (Å²) in [6.07, 6.45) is 2.26. The van der Waals surface area contributed by atoms with Crippen molar-refractivity contribution in [1.29, 1.82) is 0 Å². The van der Waals surface area contributed by atoms with Gasteiger partial charge in [0.2, 0.25) is 0 Å². The van der Waals surface area contributed by atoms with Gasteiger partial charge in [0, 0.05) is 16.6 Å². The number of benzene rings is 1. The van der Waals surface area contributed by atoms with Gasteiger partial charge in [0.1, 0.15) is 5.82 Å². The molecular weight excluding hydrogens is 229 g/mol. The van der Waals surface area contributed by atoms with E-state index in [0.717, 1.165) is 12.8 Å². The molecule has 0 heterocycles. The molecular formula is C11H13ClFN3. The Kier molecular flexibility index (Phi) is 3.29. The second-order valence-corrected chi connectivity index (χ2v) is 4.29. The predicted molar refractivity (Wildman–Crippen MR) is 62.9 cm³/mol. The Bertz CT molecular complexity index is 416. The Balaban J connectivity index is 1.97. The topological polar surface area (TPSA) is 50.4 Å². The summed E-state index contributed by atoms with van der Waals surface area (Å²) in [7, 11) is 0. The summed E-state index contributed by atoms with van der Waals surface area (Å²) in [6, 6.07) is 4.99. The van der Waals surface area contributed by atoms with E-state index in [-0.39, 0.29) is 12.4 Å². The number of nitrogens with one attached hydrogen (secondary N) is 1. The monoisotopic (exact) mass is 241 g/mol. The average Bonchev–Trinajstić information content (AvgIpc) is 3.00. The van der Waals surface area contributed by atoms with Gasteiger partial charge in [-0.05, 0) is 25.0 Å². The van der Waals surface area contributed by atoms with Crippen LogP contribution in [0.15, 0.2) is 23.2 Å².